The molecule has 0 aliphatic carbocycles. The molecule has 0 spiro atoms. The molecule has 1 aromatic rings. The van der Waals surface area contributed by atoms with Crippen molar-refractivity contribution in [1.82, 2.24) is 0 Å². The van der Waals surface area contributed by atoms with E-state index in [1.807, 2.05) is 13.8 Å². The minimum absolute atomic E-state index is 0.240. The summed E-state index contributed by atoms with van der Waals surface area (Å²) in [6.07, 6.45) is 1.93. The summed E-state index contributed by atoms with van der Waals surface area (Å²) in [5.41, 5.74) is -0.0148. The predicted octanol–water partition coefficient (Wildman–Crippen LogP) is 2.48. The fourth-order valence-corrected chi connectivity index (χ4v) is 2.85. The van der Waals surface area contributed by atoms with Crippen molar-refractivity contribution in [1.29, 1.82) is 0 Å². The molecular weight excluding hydrogens is 280 g/mol. The third-order valence-corrected chi connectivity index (χ3v) is 4.38. The zero-order valence-electron chi connectivity index (χ0n) is 12.2. The van der Waals surface area contributed by atoms with E-state index < -0.39 is 14.8 Å². The maximum absolute atomic E-state index is 11.7. The van der Waals surface area contributed by atoms with Gasteiger partial charge in [-0.2, -0.15) is 0 Å². The van der Waals surface area contributed by atoms with Crippen LogP contribution in [0.25, 0.3) is 0 Å². The van der Waals surface area contributed by atoms with Crippen molar-refractivity contribution in [2.24, 2.45) is 5.92 Å². The summed E-state index contributed by atoms with van der Waals surface area (Å²) in [5, 5.41) is 11.3. The number of hydrogen-bond acceptors (Lipinski definition) is 5. The lowest BCUT2D eigenvalue weighted by Crippen LogP contribution is -2.24. The number of hydrogen-bond donors (Lipinski definition) is 0. The molecule has 0 heterocycles. The topological polar surface area (TPSA) is 80.5 Å². The molecule has 1 rings (SSSR count). The van der Waals surface area contributed by atoms with Gasteiger partial charge in [0.2, 0.25) is 0 Å². The zero-order chi connectivity index (χ0) is 15.5. The number of nitro groups is 1. The van der Waals surface area contributed by atoms with Crippen molar-refractivity contribution in [3.8, 4) is 0 Å². The van der Waals surface area contributed by atoms with Crippen LogP contribution >= 0.6 is 0 Å². The fraction of sp³-hybridized carbons (Fsp3) is 0.538. The van der Waals surface area contributed by atoms with E-state index in [4.69, 9.17) is 0 Å². The minimum atomic E-state index is -3.64. The number of sulfone groups is 1. The maximum Gasteiger partial charge on any atom is 0.311 e. The quantitative estimate of drug-likeness (QED) is 0.595. The molecule has 0 aliphatic rings. The standard InChI is InChI=1S/C13H20N2O4S/c1-5-10(2)9-14(3)11-7-6-8-12(20(4,18)19)13(11)15(16)17/h6-8,10H,5,9H2,1-4H3. The molecule has 0 aliphatic heterocycles. The Balaban J connectivity index is 3.37. The van der Waals surface area contributed by atoms with Crippen LogP contribution in [0, 0.1) is 16.0 Å². The zero-order valence-corrected chi connectivity index (χ0v) is 13.0. The highest BCUT2D eigenvalue weighted by molar-refractivity contribution is 7.90. The van der Waals surface area contributed by atoms with Crippen LogP contribution in [0.3, 0.4) is 0 Å². The van der Waals surface area contributed by atoms with Gasteiger partial charge in [-0.05, 0) is 18.1 Å². The van der Waals surface area contributed by atoms with Gasteiger partial charge in [0.25, 0.3) is 0 Å². The Bertz CT molecular complexity index is 598. The molecule has 0 N–H and O–H groups in total. The van der Waals surface area contributed by atoms with Crippen LogP contribution in [-0.2, 0) is 9.84 Å². The van der Waals surface area contributed by atoms with E-state index in [0.29, 0.717) is 18.2 Å². The molecule has 0 saturated heterocycles. The molecule has 1 atom stereocenters. The molecular formula is C13H20N2O4S. The van der Waals surface area contributed by atoms with Gasteiger partial charge in [-0.1, -0.05) is 26.3 Å². The van der Waals surface area contributed by atoms with Gasteiger partial charge in [-0.15, -0.1) is 0 Å². The summed E-state index contributed by atoms with van der Waals surface area (Å²) < 4.78 is 23.4. The summed E-state index contributed by atoms with van der Waals surface area (Å²) in [4.78, 5) is 12.1. The molecule has 7 heteroatoms. The van der Waals surface area contributed by atoms with Crippen molar-refractivity contribution in [2.45, 2.75) is 25.2 Å². The van der Waals surface area contributed by atoms with Gasteiger partial charge >= 0.3 is 5.69 Å². The number of rotatable bonds is 6. The fourth-order valence-electron chi connectivity index (χ4n) is 2.00. The van der Waals surface area contributed by atoms with Crippen molar-refractivity contribution < 1.29 is 13.3 Å². The summed E-state index contributed by atoms with van der Waals surface area (Å²) in [7, 11) is -1.90. The highest BCUT2D eigenvalue weighted by Crippen LogP contribution is 2.34. The van der Waals surface area contributed by atoms with Crippen LogP contribution in [0.4, 0.5) is 11.4 Å². The van der Waals surface area contributed by atoms with E-state index in [9.17, 15) is 18.5 Å². The molecule has 1 unspecified atom stereocenters. The number of para-hydroxylation sites is 1. The van der Waals surface area contributed by atoms with Crippen LogP contribution in [0.2, 0.25) is 0 Å². The summed E-state index contributed by atoms with van der Waals surface area (Å²) >= 11 is 0. The first-order valence-electron chi connectivity index (χ1n) is 6.37. The second-order valence-electron chi connectivity index (χ2n) is 5.05. The summed E-state index contributed by atoms with van der Waals surface area (Å²) in [6.45, 7) is 4.72. The molecule has 1 aromatic carbocycles. The normalized spacial score (nSPS) is 13.0. The molecule has 6 nitrogen and oxygen atoms in total. The Hall–Kier alpha value is -1.63. The van der Waals surface area contributed by atoms with Gasteiger partial charge in [-0.25, -0.2) is 8.42 Å². The van der Waals surface area contributed by atoms with E-state index in [0.717, 1.165) is 12.7 Å². The molecule has 0 aromatic heterocycles. The number of nitro benzene ring substituents is 1. The summed E-state index contributed by atoms with van der Waals surface area (Å²) in [5.74, 6) is 0.362. The third-order valence-electron chi connectivity index (χ3n) is 3.25. The van der Waals surface area contributed by atoms with Crippen LogP contribution in [-0.4, -0.2) is 33.2 Å². The van der Waals surface area contributed by atoms with E-state index in [1.54, 1.807) is 18.0 Å². The lowest BCUT2D eigenvalue weighted by atomic mass is 10.1. The SMILES string of the molecule is CCC(C)CN(C)c1cccc(S(C)(=O)=O)c1[N+](=O)[O-]. The average Bonchev–Trinajstić information content (AvgIpc) is 2.36. The number of nitrogens with zero attached hydrogens (tertiary/aromatic N) is 2. The monoisotopic (exact) mass is 300 g/mol. The van der Waals surface area contributed by atoms with Crippen molar-refractivity contribution in [2.75, 3.05) is 24.7 Å². The lowest BCUT2D eigenvalue weighted by molar-refractivity contribution is -0.387. The minimum Gasteiger partial charge on any atom is -0.369 e. The highest BCUT2D eigenvalue weighted by Gasteiger charge is 2.27. The van der Waals surface area contributed by atoms with Crippen molar-refractivity contribution in [3.05, 3.63) is 28.3 Å². The van der Waals surface area contributed by atoms with Crippen LogP contribution < -0.4 is 4.90 Å². The van der Waals surface area contributed by atoms with E-state index in [2.05, 4.69) is 0 Å². The number of benzene rings is 1. The van der Waals surface area contributed by atoms with Gasteiger partial charge in [0, 0.05) is 19.8 Å². The van der Waals surface area contributed by atoms with Crippen LogP contribution in [0.15, 0.2) is 23.1 Å². The molecule has 20 heavy (non-hydrogen) atoms. The van der Waals surface area contributed by atoms with Gasteiger partial charge < -0.3 is 4.90 Å². The third kappa shape index (κ3) is 3.69. The van der Waals surface area contributed by atoms with Crippen LogP contribution in [0.1, 0.15) is 20.3 Å². The van der Waals surface area contributed by atoms with Gasteiger partial charge in [0.1, 0.15) is 10.6 Å². The second kappa shape index (κ2) is 6.21. The molecule has 0 radical (unpaired) electrons. The van der Waals surface area contributed by atoms with E-state index >= 15 is 0 Å². The predicted molar refractivity (Wildman–Crippen MR) is 78.9 cm³/mol. The largest absolute Gasteiger partial charge is 0.369 e. The first-order chi connectivity index (χ1) is 9.18. The first-order valence-corrected chi connectivity index (χ1v) is 8.26. The van der Waals surface area contributed by atoms with Crippen molar-refractivity contribution in [3.63, 3.8) is 0 Å². The first kappa shape index (κ1) is 16.4. The van der Waals surface area contributed by atoms with Gasteiger partial charge in [0.15, 0.2) is 9.84 Å². The Morgan fingerprint density at radius 2 is 2.00 bits per heavy atom. The van der Waals surface area contributed by atoms with Crippen LogP contribution in [0.5, 0.6) is 0 Å². The van der Waals surface area contributed by atoms with E-state index in [-0.39, 0.29) is 10.6 Å². The molecule has 0 amide bonds. The Morgan fingerprint density at radius 1 is 1.40 bits per heavy atom. The highest BCUT2D eigenvalue weighted by atomic mass is 32.2. The molecule has 0 saturated carbocycles. The Morgan fingerprint density at radius 3 is 2.45 bits per heavy atom. The van der Waals surface area contributed by atoms with Gasteiger partial charge in [0.05, 0.1) is 4.92 Å². The smallest absolute Gasteiger partial charge is 0.311 e. The lowest BCUT2D eigenvalue weighted by Gasteiger charge is -2.23. The molecule has 112 valence electrons. The second-order valence-corrected chi connectivity index (χ2v) is 7.03. The van der Waals surface area contributed by atoms with Crippen molar-refractivity contribution >= 4 is 21.2 Å². The van der Waals surface area contributed by atoms with E-state index in [1.165, 1.54) is 12.1 Å². The maximum atomic E-state index is 11.7. The Kier molecular flexibility index (Phi) is 5.10. The Labute approximate surface area is 119 Å². The summed E-state index contributed by atoms with van der Waals surface area (Å²) in [6, 6.07) is 4.38. The van der Waals surface area contributed by atoms with Gasteiger partial charge in [-0.3, -0.25) is 10.1 Å². The number of anilines is 1. The average molecular weight is 300 g/mol. The molecule has 0 bridgehead atoms. The molecule has 0 fully saturated rings.